The molecule has 0 aliphatic carbocycles. The number of para-hydroxylation sites is 2. The van der Waals surface area contributed by atoms with Crippen molar-refractivity contribution >= 4 is 27.8 Å². The Kier molecular flexibility index (Phi) is 4.09. The number of carboxylic acids is 1. The highest BCUT2D eigenvalue weighted by atomic mass is 16.5. The number of aliphatic carboxylic acids is 1. The van der Waals surface area contributed by atoms with Gasteiger partial charge in [0.2, 0.25) is 0 Å². The molecule has 22 heavy (non-hydrogen) atoms. The van der Waals surface area contributed by atoms with Crippen molar-refractivity contribution in [2.75, 3.05) is 13.2 Å². The minimum absolute atomic E-state index is 0.202. The Hall–Kier alpha value is -2.37. The van der Waals surface area contributed by atoms with E-state index in [0.717, 1.165) is 11.0 Å². The zero-order valence-electron chi connectivity index (χ0n) is 12.0. The first-order valence-electron chi connectivity index (χ1n) is 7.13. The van der Waals surface area contributed by atoms with Gasteiger partial charge in [-0.2, -0.15) is 0 Å². The van der Waals surface area contributed by atoms with Crippen LogP contribution in [0.1, 0.15) is 0 Å². The highest BCUT2D eigenvalue weighted by molar-refractivity contribution is 6.07. The molecule has 3 aromatic rings. The Balaban J connectivity index is 1.82. The van der Waals surface area contributed by atoms with E-state index in [4.69, 9.17) is 9.84 Å². The Bertz CT molecular complexity index is 755. The molecule has 0 aliphatic heterocycles. The molecular weight excluding hydrogens is 282 g/mol. The Morgan fingerprint density at radius 2 is 1.59 bits per heavy atom. The van der Waals surface area contributed by atoms with Crippen LogP contribution in [-0.2, 0) is 16.1 Å². The van der Waals surface area contributed by atoms with Gasteiger partial charge in [-0.05, 0) is 12.1 Å². The van der Waals surface area contributed by atoms with E-state index in [1.165, 1.54) is 10.8 Å². The fourth-order valence-corrected chi connectivity index (χ4v) is 2.67. The molecule has 5 heteroatoms. The second-order valence-electron chi connectivity index (χ2n) is 5.11. The predicted octanol–water partition coefficient (Wildman–Crippen LogP) is 2.26. The predicted molar refractivity (Wildman–Crippen MR) is 83.9 cm³/mol. The summed E-state index contributed by atoms with van der Waals surface area (Å²) in [6, 6.07) is 16.3. The summed E-state index contributed by atoms with van der Waals surface area (Å²) < 4.78 is 7.43. The number of nitrogens with zero attached hydrogens (tertiary/aromatic N) is 1. The quantitative estimate of drug-likeness (QED) is 0.685. The zero-order chi connectivity index (χ0) is 15.5. The number of carboxylic acid groups (broad SMARTS) is 1. The number of hydrogen-bond acceptors (Lipinski definition) is 3. The fourth-order valence-electron chi connectivity index (χ4n) is 2.67. The Morgan fingerprint density at radius 3 is 2.14 bits per heavy atom. The van der Waals surface area contributed by atoms with Crippen molar-refractivity contribution in [3.63, 3.8) is 0 Å². The Morgan fingerprint density at radius 1 is 1.05 bits per heavy atom. The highest BCUT2D eigenvalue weighted by Crippen LogP contribution is 2.28. The van der Waals surface area contributed by atoms with Gasteiger partial charge in [0, 0.05) is 28.4 Å². The van der Waals surface area contributed by atoms with Gasteiger partial charge in [-0.15, -0.1) is 0 Å². The van der Waals surface area contributed by atoms with Crippen molar-refractivity contribution in [2.45, 2.75) is 12.6 Å². The third-order valence-corrected chi connectivity index (χ3v) is 3.70. The minimum Gasteiger partial charge on any atom is -0.479 e. The van der Waals surface area contributed by atoms with Crippen molar-refractivity contribution in [3.8, 4) is 0 Å². The monoisotopic (exact) mass is 299 g/mol. The van der Waals surface area contributed by atoms with Gasteiger partial charge >= 0.3 is 5.97 Å². The van der Waals surface area contributed by atoms with E-state index in [1.54, 1.807) is 0 Å². The standard InChI is InChI=1S/C17H17NO4/c19-16(17(20)21)11-22-10-9-18-14-7-3-1-5-12(14)13-6-2-4-8-15(13)18/h1-8,16,19H,9-11H2,(H,20,21). The molecule has 1 aromatic heterocycles. The van der Waals surface area contributed by atoms with E-state index in [0.29, 0.717) is 13.2 Å². The second-order valence-corrected chi connectivity index (χ2v) is 5.11. The first-order valence-corrected chi connectivity index (χ1v) is 7.13. The maximum absolute atomic E-state index is 10.5. The maximum Gasteiger partial charge on any atom is 0.334 e. The molecule has 0 saturated heterocycles. The van der Waals surface area contributed by atoms with Crippen LogP contribution in [-0.4, -0.2) is 40.1 Å². The van der Waals surface area contributed by atoms with Crippen LogP contribution in [0, 0.1) is 0 Å². The molecular formula is C17H17NO4. The molecule has 2 aromatic carbocycles. The molecule has 0 radical (unpaired) electrons. The number of aliphatic hydroxyl groups excluding tert-OH is 1. The van der Waals surface area contributed by atoms with E-state index in [9.17, 15) is 9.90 Å². The summed E-state index contributed by atoms with van der Waals surface area (Å²) in [5.41, 5.74) is 2.23. The van der Waals surface area contributed by atoms with Gasteiger partial charge in [-0.25, -0.2) is 4.79 Å². The molecule has 5 nitrogen and oxygen atoms in total. The number of rotatable bonds is 6. The van der Waals surface area contributed by atoms with Gasteiger partial charge in [-0.3, -0.25) is 0 Å². The Labute approximate surface area is 127 Å². The molecule has 0 aliphatic rings. The number of aromatic nitrogens is 1. The van der Waals surface area contributed by atoms with Crippen LogP contribution in [0.15, 0.2) is 48.5 Å². The van der Waals surface area contributed by atoms with E-state index in [-0.39, 0.29) is 6.61 Å². The summed E-state index contributed by atoms with van der Waals surface area (Å²) in [4.78, 5) is 10.5. The van der Waals surface area contributed by atoms with Crippen LogP contribution >= 0.6 is 0 Å². The van der Waals surface area contributed by atoms with Crippen LogP contribution in [0.3, 0.4) is 0 Å². The number of carbonyl (C=O) groups is 1. The van der Waals surface area contributed by atoms with Crippen LogP contribution in [0.4, 0.5) is 0 Å². The smallest absolute Gasteiger partial charge is 0.334 e. The molecule has 0 amide bonds. The third-order valence-electron chi connectivity index (χ3n) is 3.70. The van der Waals surface area contributed by atoms with Crippen LogP contribution < -0.4 is 0 Å². The lowest BCUT2D eigenvalue weighted by Gasteiger charge is -2.10. The summed E-state index contributed by atoms with van der Waals surface area (Å²) in [6.45, 7) is 0.736. The second kappa shape index (κ2) is 6.17. The molecule has 0 bridgehead atoms. The molecule has 0 saturated carbocycles. The summed E-state index contributed by atoms with van der Waals surface area (Å²) in [7, 11) is 0. The maximum atomic E-state index is 10.5. The van der Waals surface area contributed by atoms with Crippen molar-refractivity contribution in [2.24, 2.45) is 0 Å². The molecule has 1 heterocycles. The summed E-state index contributed by atoms with van der Waals surface area (Å²) >= 11 is 0. The molecule has 3 rings (SSSR count). The van der Waals surface area contributed by atoms with Gasteiger partial charge in [0.15, 0.2) is 6.10 Å². The number of fused-ring (bicyclic) bond motifs is 3. The molecule has 0 fully saturated rings. The summed E-state index contributed by atoms with van der Waals surface area (Å²) in [6.07, 6.45) is -1.47. The molecule has 114 valence electrons. The van der Waals surface area contributed by atoms with Crippen LogP contribution in [0.2, 0.25) is 0 Å². The number of hydrogen-bond donors (Lipinski definition) is 2. The van der Waals surface area contributed by atoms with Crippen molar-refractivity contribution in [3.05, 3.63) is 48.5 Å². The van der Waals surface area contributed by atoms with E-state index < -0.39 is 12.1 Å². The summed E-state index contributed by atoms with van der Waals surface area (Å²) in [5, 5.41) is 20.2. The van der Waals surface area contributed by atoms with Crippen molar-refractivity contribution < 1.29 is 19.7 Å². The molecule has 2 N–H and O–H groups in total. The third kappa shape index (κ3) is 2.68. The number of benzene rings is 2. The van der Waals surface area contributed by atoms with E-state index >= 15 is 0 Å². The normalized spacial score (nSPS) is 12.8. The lowest BCUT2D eigenvalue weighted by molar-refractivity contribution is -0.149. The lowest BCUT2D eigenvalue weighted by atomic mass is 10.2. The average molecular weight is 299 g/mol. The average Bonchev–Trinajstić information content (AvgIpc) is 2.86. The van der Waals surface area contributed by atoms with Crippen molar-refractivity contribution in [1.29, 1.82) is 0 Å². The first-order chi connectivity index (χ1) is 10.7. The van der Waals surface area contributed by atoms with Crippen molar-refractivity contribution in [1.82, 2.24) is 4.57 Å². The number of aliphatic hydroxyl groups is 1. The minimum atomic E-state index is -1.47. The van der Waals surface area contributed by atoms with Gasteiger partial charge in [-0.1, -0.05) is 36.4 Å². The topological polar surface area (TPSA) is 71.7 Å². The SMILES string of the molecule is O=C(O)C(O)COCCn1c2ccccc2c2ccccc21. The first kappa shape index (κ1) is 14.6. The molecule has 1 atom stereocenters. The highest BCUT2D eigenvalue weighted by Gasteiger charge is 2.13. The van der Waals surface area contributed by atoms with Gasteiger partial charge in [0.05, 0.1) is 13.2 Å². The molecule has 0 spiro atoms. The largest absolute Gasteiger partial charge is 0.479 e. The fraction of sp³-hybridized carbons (Fsp3) is 0.235. The van der Waals surface area contributed by atoms with E-state index in [1.807, 2.05) is 24.3 Å². The molecule has 1 unspecified atom stereocenters. The number of ether oxygens (including phenoxy) is 1. The van der Waals surface area contributed by atoms with Gasteiger partial charge in [0.1, 0.15) is 0 Å². The van der Waals surface area contributed by atoms with Crippen LogP contribution in [0.5, 0.6) is 0 Å². The zero-order valence-corrected chi connectivity index (χ0v) is 12.0. The lowest BCUT2D eigenvalue weighted by Crippen LogP contribution is -2.26. The van der Waals surface area contributed by atoms with Gasteiger partial charge in [0.25, 0.3) is 0 Å². The summed E-state index contributed by atoms with van der Waals surface area (Å²) in [5.74, 6) is -1.27. The van der Waals surface area contributed by atoms with Gasteiger partial charge < -0.3 is 19.5 Å². The van der Waals surface area contributed by atoms with E-state index in [2.05, 4.69) is 28.8 Å². The van der Waals surface area contributed by atoms with Crippen LogP contribution in [0.25, 0.3) is 21.8 Å².